The van der Waals surface area contributed by atoms with Crippen molar-refractivity contribution in [1.29, 1.82) is 0 Å². The van der Waals surface area contributed by atoms with E-state index in [0.717, 1.165) is 17.0 Å². The number of hydrogen-bond donors (Lipinski definition) is 2. The van der Waals surface area contributed by atoms with Crippen LogP contribution in [0, 0.1) is 0 Å². The SMILES string of the molecule is COc1ccc(-c2cnc(NC(=O)c3ccc(O)cc3)n2C)cc1. The van der Waals surface area contributed by atoms with Crippen molar-refractivity contribution in [2.24, 2.45) is 7.05 Å². The van der Waals surface area contributed by atoms with Crippen molar-refractivity contribution in [2.75, 3.05) is 12.4 Å². The zero-order chi connectivity index (χ0) is 17.1. The molecule has 1 heterocycles. The third kappa shape index (κ3) is 3.08. The lowest BCUT2D eigenvalue weighted by molar-refractivity contribution is 0.102. The highest BCUT2D eigenvalue weighted by atomic mass is 16.5. The van der Waals surface area contributed by atoms with Gasteiger partial charge in [-0.25, -0.2) is 4.98 Å². The lowest BCUT2D eigenvalue weighted by Crippen LogP contribution is -2.15. The lowest BCUT2D eigenvalue weighted by Gasteiger charge is -2.08. The number of hydrogen-bond acceptors (Lipinski definition) is 4. The molecule has 24 heavy (non-hydrogen) atoms. The topological polar surface area (TPSA) is 76.4 Å². The van der Waals surface area contributed by atoms with Crippen LogP contribution < -0.4 is 10.1 Å². The molecule has 0 spiro atoms. The van der Waals surface area contributed by atoms with Gasteiger partial charge in [0, 0.05) is 18.2 Å². The van der Waals surface area contributed by atoms with Gasteiger partial charge in [0.1, 0.15) is 11.5 Å². The summed E-state index contributed by atoms with van der Waals surface area (Å²) in [7, 11) is 3.45. The van der Waals surface area contributed by atoms with Crippen LogP contribution in [0.25, 0.3) is 11.3 Å². The highest BCUT2D eigenvalue weighted by Gasteiger charge is 2.12. The number of methoxy groups -OCH3 is 1. The maximum atomic E-state index is 12.2. The van der Waals surface area contributed by atoms with Crippen molar-refractivity contribution in [3.63, 3.8) is 0 Å². The Bertz CT molecular complexity index is 852. The minimum Gasteiger partial charge on any atom is -0.508 e. The van der Waals surface area contributed by atoms with E-state index in [1.54, 1.807) is 30.0 Å². The van der Waals surface area contributed by atoms with Crippen LogP contribution in [-0.2, 0) is 7.05 Å². The maximum absolute atomic E-state index is 12.2. The molecular formula is C18H17N3O3. The largest absolute Gasteiger partial charge is 0.508 e. The second kappa shape index (κ2) is 6.45. The lowest BCUT2D eigenvalue weighted by atomic mass is 10.1. The fourth-order valence-electron chi connectivity index (χ4n) is 2.34. The number of rotatable bonds is 4. The summed E-state index contributed by atoms with van der Waals surface area (Å²) in [5.41, 5.74) is 2.29. The van der Waals surface area contributed by atoms with Crippen molar-refractivity contribution in [3.8, 4) is 22.8 Å². The van der Waals surface area contributed by atoms with Crippen molar-refractivity contribution in [3.05, 3.63) is 60.3 Å². The molecule has 3 aromatic rings. The van der Waals surface area contributed by atoms with Crippen LogP contribution >= 0.6 is 0 Å². The molecule has 122 valence electrons. The van der Waals surface area contributed by atoms with Gasteiger partial charge in [-0.15, -0.1) is 0 Å². The average Bonchev–Trinajstić information content (AvgIpc) is 2.96. The van der Waals surface area contributed by atoms with Gasteiger partial charge in [0.25, 0.3) is 5.91 Å². The van der Waals surface area contributed by atoms with Crippen LogP contribution in [0.15, 0.2) is 54.7 Å². The smallest absolute Gasteiger partial charge is 0.257 e. The summed E-state index contributed by atoms with van der Waals surface area (Å²) in [6.07, 6.45) is 1.70. The molecule has 0 aliphatic rings. The number of imidazole rings is 1. The molecule has 0 atom stereocenters. The van der Waals surface area contributed by atoms with Gasteiger partial charge in [-0.1, -0.05) is 0 Å². The molecular weight excluding hydrogens is 306 g/mol. The Morgan fingerprint density at radius 3 is 2.42 bits per heavy atom. The zero-order valence-electron chi connectivity index (χ0n) is 13.4. The first kappa shape index (κ1) is 15.6. The monoisotopic (exact) mass is 323 g/mol. The maximum Gasteiger partial charge on any atom is 0.257 e. The Morgan fingerprint density at radius 1 is 1.12 bits per heavy atom. The Morgan fingerprint density at radius 2 is 1.79 bits per heavy atom. The van der Waals surface area contributed by atoms with E-state index >= 15 is 0 Å². The van der Waals surface area contributed by atoms with E-state index in [1.165, 1.54) is 12.1 Å². The first-order valence-electron chi connectivity index (χ1n) is 7.35. The van der Waals surface area contributed by atoms with E-state index in [2.05, 4.69) is 10.3 Å². The average molecular weight is 323 g/mol. The molecule has 2 N–H and O–H groups in total. The van der Waals surface area contributed by atoms with E-state index in [9.17, 15) is 9.90 Å². The molecule has 0 saturated heterocycles. The summed E-state index contributed by atoms with van der Waals surface area (Å²) in [5.74, 6) is 1.05. The number of amides is 1. The van der Waals surface area contributed by atoms with Crippen LogP contribution in [0.3, 0.4) is 0 Å². The van der Waals surface area contributed by atoms with Gasteiger partial charge < -0.3 is 14.4 Å². The number of nitrogens with one attached hydrogen (secondary N) is 1. The zero-order valence-corrected chi connectivity index (χ0v) is 13.4. The molecule has 0 fully saturated rings. The molecule has 2 aromatic carbocycles. The number of phenols is 1. The van der Waals surface area contributed by atoms with Crippen molar-refractivity contribution >= 4 is 11.9 Å². The van der Waals surface area contributed by atoms with Gasteiger partial charge >= 0.3 is 0 Å². The van der Waals surface area contributed by atoms with Crippen LogP contribution in [0.5, 0.6) is 11.5 Å². The second-order valence-electron chi connectivity index (χ2n) is 5.26. The number of carbonyl (C=O) groups excluding carboxylic acids is 1. The normalized spacial score (nSPS) is 10.4. The quantitative estimate of drug-likeness (QED) is 0.774. The molecule has 6 nitrogen and oxygen atoms in total. The summed E-state index contributed by atoms with van der Waals surface area (Å²) < 4.78 is 6.96. The highest BCUT2D eigenvalue weighted by molar-refractivity contribution is 6.03. The van der Waals surface area contributed by atoms with Gasteiger partial charge in [0.2, 0.25) is 5.95 Å². The molecule has 3 rings (SSSR count). The first-order valence-corrected chi connectivity index (χ1v) is 7.35. The number of carbonyl (C=O) groups is 1. The molecule has 0 radical (unpaired) electrons. The first-order chi connectivity index (χ1) is 11.6. The fraction of sp³-hybridized carbons (Fsp3) is 0.111. The van der Waals surface area contributed by atoms with Gasteiger partial charge in [0.05, 0.1) is 19.0 Å². The number of nitrogens with zero attached hydrogens (tertiary/aromatic N) is 2. The minimum atomic E-state index is -0.287. The van der Waals surface area contributed by atoms with Crippen LogP contribution in [-0.4, -0.2) is 27.7 Å². The third-order valence-electron chi connectivity index (χ3n) is 3.73. The molecule has 1 amide bonds. The predicted molar refractivity (Wildman–Crippen MR) is 91.3 cm³/mol. The second-order valence-corrected chi connectivity index (χ2v) is 5.26. The number of phenolic OH excluding ortho intramolecular Hbond substituents is 1. The Kier molecular flexibility index (Phi) is 4.20. The number of aromatic hydroxyl groups is 1. The minimum absolute atomic E-state index is 0.116. The summed E-state index contributed by atoms with van der Waals surface area (Å²) in [5, 5.41) is 12.0. The summed E-state index contributed by atoms with van der Waals surface area (Å²) in [6, 6.07) is 13.7. The molecule has 0 bridgehead atoms. The Balaban J connectivity index is 1.81. The molecule has 0 aliphatic heterocycles. The fourth-order valence-corrected chi connectivity index (χ4v) is 2.34. The van der Waals surface area contributed by atoms with Gasteiger partial charge in [-0.05, 0) is 48.5 Å². The van der Waals surface area contributed by atoms with Crippen molar-refractivity contribution < 1.29 is 14.6 Å². The molecule has 1 aromatic heterocycles. The number of aromatic nitrogens is 2. The van der Waals surface area contributed by atoms with E-state index < -0.39 is 0 Å². The standard InChI is InChI=1S/C18H17N3O3/c1-21-16(12-5-9-15(24-2)10-6-12)11-19-18(21)20-17(23)13-3-7-14(22)8-4-13/h3-11,22H,1-2H3,(H,19,20,23). The number of ether oxygens (including phenoxy) is 1. The Hall–Kier alpha value is -3.28. The van der Waals surface area contributed by atoms with E-state index in [4.69, 9.17) is 4.74 Å². The number of anilines is 1. The third-order valence-corrected chi connectivity index (χ3v) is 3.73. The van der Waals surface area contributed by atoms with Crippen molar-refractivity contribution in [2.45, 2.75) is 0 Å². The molecule has 0 unspecified atom stereocenters. The number of benzene rings is 2. The molecule has 6 heteroatoms. The van der Waals surface area contributed by atoms with Gasteiger partial charge in [0.15, 0.2) is 0 Å². The Labute approximate surface area is 139 Å². The molecule has 0 saturated carbocycles. The van der Waals surface area contributed by atoms with Crippen molar-refractivity contribution in [1.82, 2.24) is 9.55 Å². The summed E-state index contributed by atoms with van der Waals surface area (Å²) >= 11 is 0. The van der Waals surface area contributed by atoms with E-state index in [-0.39, 0.29) is 11.7 Å². The van der Waals surface area contributed by atoms with Gasteiger partial charge in [-0.2, -0.15) is 0 Å². The van der Waals surface area contributed by atoms with Crippen LogP contribution in [0.4, 0.5) is 5.95 Å². The summed E-state index contributed by atoms with van der Waals surface area (Å²) in [6.45, 7) is 0. The van der Waals surface area contributed by atoms with Gasteiger partial charge in [-0.3, -0.25) is 10.1 Å². The predicted octanol–water partition coefficient (Wildman–Crippen LogP) is 3.05. The highest BCUT2D eigenvalue weighted by Crippen LogP contribution is 2.24. The molecule has 0 aliphatic carbocycles. The summed E-state index contributed by atoms with van der Waals surface area (Å²) in [4.78, 5) is 16.5. The van der Waals surface area contributed by atoms with E-state index in [1.807, 2.05) is 31.3 Å². The van der Waals surface area contributed by atoms with Crippen LogP contribution in [0.1, 0.15) is 10.4 Å². The van der Waals surface area contributed by atoms with E-state index in [0.29, 0.717) is 11.5 Å². The van der Waals surface area contributed by atoms with Crippen LogP contribution in [0.2, 0.25) is 0 Å².